The van der Waals surface area contributed by atoms with Crippen molar-refractivity contribution in [3.05, 3.63) is 114 Å². The van der Waals surface area contributed by atoms with Crippen LogP contribution in [0.4, 0.5) is 5.69 Å². The number of carbonyl (C=O) groups is 4. The van der Waals surface area contributed by atoms with Gasteiger partial charge in [0.2, 0.25) is 0 Å². The smallest absolute Gasteiger partial charge is 0.343 e. The lowest BCUT2D eigenvalue weighted by Crippen LogP contribution is -2.44. The number of ether oxygens (including phenoxy) is 4. The van der Waals surface area contributed by atoms with E-state index in [0.717, 1.165) is 31.9 Å². The van der Waals surface area contributed by atoms with Gasteiger partial charge in [-0.25, -0.2) is 14.4 Å². The van der Waals surface area contributed by atoms with Crippen LogP contribution in [0.3, 0.4) is 0 Å². The number of hydrogen-bond acceptors (Lipinski definition) is 10. The summed E-state index contributed by atoms with van der Waals surface area (Å²) < 4.78 is 21.2. The molecule has 1 saturated heterocycles. The molecule has 0 aromatic heterocycles. The summed E-state index contributed by atoms with van der Waals surface area (Å²) in [6, 6.07) is 25.3. The van der Waals surface area contributed by atoms with Gasteiger partial charge in [-0.1, -0.05) is 0 Å². The van der Waals surface area contributed by atoms with E-state index in [-0.39, 0.29) is 22.6 Å². The second-order valence-corrected chi connectivity index (χ2v) is 10.1. The predicted molar refractivity (Wildman–Crippen MR) is 162 cm³/mol. The zero-order valence-corrected chi connectivity index (χ0v) is 24.2. The van der Waals surface area contributed by atoms with E-state index in [1.807, 2.05) is 12.1 Å². The minimum atomic E-state index is -0.625. The van der Waals surface area contributed by atoms with Crippen molar-refractivity contribution in [1.82, 2.24) is 4.90 Å². The maximum atomic E-state index is 12.6. The summed E-state index contributed by atoms with van der Waals surface area (Å²) in [5.74, 6) is -1.00. The van der Waals surface area contributed by atoms with E-state index < -0.39 is 23.9 Å². The largest absolute Gasteiger partial charge is 0.427 e. The van der Waals surface area contributed by atoms with E-state index in [1.165, 1.54) is 79.7 Å². The Hall–Kier alpha value is -5.48. The van der Waals surface area contributed by atoms with E-state index in [0.29, 0.717) is 17.1 Å². The van der Waals surface area contributed by atoms with Crippen molar-refractivity contribution in [2.45, 2.75) is 6.92 Å². The molecule has 1 aliphatic heterocycles. The molecule has 1 fully saturated rings. The lowest BCUT2D eigenvalue weighted by molar-refractivity contribution is -0.131. The Balaban J connectivity index is 1.11. The number of piperazine rings is 1. The highest BCUT2D eigenvalue weighted by molar-refractivity contribution is 5.93. The van der Waals surface area contributed by atoms with Gasteiger partial charge in [-0.3, -0.25) is 4.79 Å². The Bertz CT molecular complexity index is 1630. The van der Waals surface area contributed by atoms with Crippen molar-refractivity contribution >= 4 is 29.6 Å². The number of esters is 4. The summed E-state index contributed by atoms with van der Waals surface area (Å²) in [6.45, 7) is 5.19. The molecule has 5 rings (SSSR count). The van der Waals surface area contributed by atoms with Crippen LogP contribution in [-0.4, -0.2) is 62.0 Å². The second kappa shape index (κ2) is 13.7. The molecule has 0 radical (unpaired) electrons. The predicted octanol–water partition coefficient (Wildman–Crippen LogP) is 5.02. The zero-order chi connectivity index (χ0) is 31.1. The molecule has 224 valence electrons. The third kappa shape index (κ3) is 7.87. The molecule has 44 heavy (non-hydrogen) atoms. The number of benzene rings is 4. The number of hydrogen-bond donors (Lipinski definition) is 0. The average Bonchev–Trinajstić information content (AvgIpc) is 3.02. The van der Waals surface area contributed by atoms with Gasteiger partial charge in [0.05, 0.1) is 16.7 Å². The number of rotatable bonds is 8. The summed E-state index contributed by atoms with van der Waals surface area (Å²) >= 11 is 0. The van der Waals surface area contributed by atoms with Crippen LogP contribution in [0.25, 0.3) is 0 Å². The van der Waals surface area contributed by atoms with Gasteiger partial charge < -0.3 is 28.7 Å². The first-order chi connectivity index (χ1) is 21.2. The standard InChI is InChI=1S/C34H30N2O8/c1-23(37)41-28-11-3-24(4-12-28)32(38)42-29-13-5-25(6-14-29)33(39)43-30-15-7-26(8-16-30)34(40)44-31-17-9-27(10-18-31)36-21-19-35(2)20-22-36/h3-18H,19-22H2,1-2H3. The molecule has 4 aromatic carbocycles. The van der Waals surface area contributed by atoms with Crippen LogP contribution in [0.2, 0.25) is 0 Å². The van der Waals surface area contributed by atoms with Crippen LogP contribution in [-0.2, 0) is 4.79 Å². The molecule has 1 heterocycles. The lowest BCUT2D eigenvalue weighted by atomic mass is 10.2. The van der Waals surface area contributed by atoms with E-state index >= 15 is 0 Å². The molecule has 0 aliphatic carbocycles. The Morgan fingerprint density at radius 2 is 0.795 bits per heavy atom. The monoisotopic (exact) mass is 594 g/mol. The molecule has 10 heteroatoms. The fraction of sp³-hybridized carbons (Fsp3) is 0.176. The van der Waals surface area contributed by atoms with Gasteiger partial charge in [0.1, 0.15) is 23.0 Å². The van der Waals surface area contributed by atoms with Crippen molar-refractivity contribution in [2.75, 3.05) is 38.1 Å². The van der Waals surface area contributed by atoms with Crippen LogP contribution in [0, 0.1) is 0 Å². The molecular formula is C34H30N2O8. The summed E-state index contributed by atoms with van der Waals surface area (Å²) in [4.78, 5) is 53.3. The molecule has 0 amide bonds. The zero-order valence-electron chi connectivity index (χ0n) is 24.2. The molecular weight excluding hydrogens is 564 g/mol. The number of anilines is 1. The van der Waals surface area contributed by atoms with Gasteiger partial charge in [-0.15, -0.1) is 0 Å². The van der Waals surface area contributed by atoms with Gasteiger partial charge in [0.15, 0.2) is 0 Å². The quantitative estimate of drug-likeness (QED) is 0.204. The van der Waals surface area contributed by atoms with Crippen molar-refractivity contribution < 1.29 is 38.1 Å². The normalized spacial score (nSPS) is 13.1. The molecule has 0 atom stereocenters. The molecule has 0 N–H and O–H groups in total. The van der Waals surface area contributed by atoms with Crippen LogP contribution < -0.4 is 23.8 Å². The Morgan fingerprint density at radius 3 is 1.14 bits per heavy atom. The van der Waals surface area contributed by atoms with Crippen LogP contribution in [0.5, 0.6) is 23.0 Å². The van der Waals surface area contributed by atoms with E-state index in [9.17, 15) is 19.2 Å². The third-order valence-corrected chi connectivity index (χ3v) is 6.87. The van der Waals surface area contributed by atoms with Gasteiger partial charge in [0, 0.05) is 38.8 Å². The maximum Gasteiger partial charge on any atom is 0.343 e. The molecule has 0 bridgehead atoms. The highest BCUT2D eigenvalue weighted by atomic mass is 16.5. The fourth-order valence-corrected chi connectivity index (χ4v) is 4.43. The fourth-order valence-electron chi connectivity index (χ4n) is 4.43. The first-order valence-electron chi connectivity index (χ1n) is 13.9. The average molecular weight is 595 g/mol. The van der Waals surface area contributed by atoms with Crippen molar-refractivity contribution in [3.63, 3.8) is 0 Å². The highest BCUT2D eigenvalue weighted by Crippen LogP contribution is 2.23. The Kier molecular flexibility index (Phi) is 9.31. The van der Waals surface area contributed by atoms with Crippen molar-refractivity contribution in [1.29, 1.82) is 0 Å². The van der Waals surface area contributed by atoms with E-state index in [1.54, 1.807) is 12.1 Å². The summed E-state index contributed by atoms with van der Waals surface area (Å²) in [7, 11) is 2.11. The highest BCUT2D eigenvalue weighted by Gasteiger charge is 2.16. The van der Waals surface area contributed by atoms with Crippen LogP contribution >= 0.6 is 0 Å². The minimum Gasteiger partial charge on any atom is -0.427 e. The number of likely N-dealkylation sites (N-methyl/N-ethyl adjacent to an activating group) is 1. The van der Waals surface area contributed by atoms with Gasteiger partial charge in [-0.05, 0) is 104 Å². The van der Waals surface area contributed by atoms with Crippen LogP contribution in [0.15, 0.2) is 97.1 Å². The van der Waals surface area contributed by atoms with Gasteiger partial charge in [0.25, 0.3) is 0 Å². The number of carbonyl (C=O) groups excluding carboxylic acids is 4. The first kappa shape index (κ1) is 30.0. The summed E-state index contributed by atoms with van der Waals surface area (Å²) in [6.07, 6.45) is 0. The Morgan fingerprint density at radius 1 is 0.477 bits per heavy atom. The Labute approximate surface area is 254 Å². The molecule has 10 nitrogen and oxygen atoms in total. The SMILES string of the molecule is CC(=O)Oc1ccc(C(=O)Oc2ccc(C(=O)Oc3ccc(C(=O)Oc4ccc(N5CCN(C)CC5)cc4)cc3)cc2)cc1. The van der Waals surface area contributed by atoms with Gasteiger partial charge >= 0.3 is 23.9 Å². The van der Waals surface area contributed by atoms with E-state index in [2.05, 4.69) is 16.8 Å². The second-order valence-electron chi connectivity index (χ2n) is 10.1. The first-order valence-corrected chi connectivity index (χ1v) is 13.9. The summed E-state index contributed by atoms with van der Waals surface area (Å²) in [5, 5.41) is 0. The lowest BCUT2D eigenvalue weighted by Gasteiger charge is -2.34. The van der Waals surface area contributed by atoms with Crippen LogP contribution in [0.1, 0.15) is 38.0 Å². The molecule has 4 aromatic rings. The molecule has 0 unspecified atom stereocenters. The molecule has 0 spiro atoms. The molecule has 0 saturated carbocycles. The van der Waals surface area contributed by atoms with Crippen molar-refractivity contribution in [2.24, 2.45) is 0 Å². The number of nitrogens with zero attached hydrogens (tertiary/aromatic N) is 2. The topological polar surface area (TPSA) is 112 Å². The maximum absolute atomic E-state index is 12.6. The van der Waals surface area contributed by atoms with E-state index in [4.69, 9.17) is 18.9 Å². The third-order valence-electron chi connectivity index (χ3n) is 6.87. The van der Waals surface area contributed by atoms with Crippen molar-refractivity contribution in [3.8, 4) is 23.0 Å². The molecule has 1 aliphatic rings. The minimum absolute atomic E-state index is 0.229. The van der Waals surface area contributed by atoms with Gasteiger partial charge in [-0.2, -0.15) is 0 Å². The summed E-state index contributed by atoms with van der Waals surface area (Å²) in [5.41, 5.74) is 1.89.